The van der Waals surface area contributed by atoms with Crippen LogP contribution in [0.5, 0.6) is 0 Å². The molecule has 0 amide bonds. The van der Waals surface area contributed by atoms with Crippen molar-refractivity contribution in [1.29, 1.82) is 0 Å². The number of hydrogen-bond donors (Lipinski definition) is 1. The molecule has 2 rings (SSSR count). The highest BCUT2D eigenvalue weighted by molar-refractivity contribution is 9.10. The molecule has 5 heteroatoms. The van der Waals surface area contributed by atoms with Gasteiger partial charge in [0.2, 0.25) is 0 Å². The van der Waals surface area contributed by atoms with E-state index in [0.29, 0.717) is 0 Å². The zero-order valence-corrected chi connectivity index (χ0v) is 11.4. The molecule has 1 heterocycles. The van der Waals surface area contributed by atoms with Gasteiger partial charge < -0.3 is 5.11 Å². The zero-order chi connectivity index (χ0) is 12.1. The molecule has 0 spiro atoms. The molecule has 0 bridgehead atoms. The maximum absolute atomic E-state index is 8.88. The second-order valence-electron chi connectivity index (χ2n) is 3.41. The van der Waals surface area contributed by atoms with Gasteiger partial charge in [-0.2, -0.15) is 0 Å². The SMILES string of the molecule is OCc1cnc(CSc2cccc(Br)c2)nc1. The first-order valence-electron chi connectivity index (χ1n) is 5.07. The molecule has 0 aliphatic rings. The van der Waals surface area contributed by atoms with Gasteiger partial charge in [-0.15, -0.1) is 11.8 Å². The summed E-state index contributed by atoms with van der Waals surface area (Å²) in [7, 11) is 0. The van der Waals surface area contributed by atoms with Crippen molar-refractivity contribution in [2.75, 3.05) is 0 Å². The van der Waals surface area contributed by atoms with E-state index >= 15 is 0 Å². The van der Waals surface area contributed by atoms with Crippen molar-refractivity contribution in [3.8, 4) is 0 Å². The molecule has 0 aliphatic carbocycles. The average molecular weight is 311 g/mol. The number of aliphatic hydroxyl groups is 1. The summed E-state index contributed by atoms with van der Waals surface area (Å²) in [5.41, 5.74) is 0.737. The Morgan fingerprint density at radius 1 is 1.24 bits per heavy atom. The first-order chi connectivity index (χ1) is 8.28. The summed E-state index contributed by atoms with van der Waals surface area (Å²) in [5.74, 6) is 1.49. The van der Waals surface area contributed by atoms with Gasteiger partial charge in [-0.3, -0.25) is 0 Å². The molecule has 3 nitrogen and oxygen atoms in total. The molecule has 0 aliphatic heterocycles. The fourth-order valence-electron chi connectivity index (χ4n) is 1.24. The van der Waals surface area contributed by atoms with Gasteiger partial charge in [0, 0.05) is 27.3 Å². The monoisotopic (exact) mass is 310 g/mol. The van der Waals surface area contributed by atoms with Crippen molar-refractivity contribution < 1.29 is 5.11 Å². The first-order valence-corrected chi connectivity index (χ1v) is 6.85. The van der Waals surface area contributed by atoms with Crippen molar-refractivity contribution in [2.24, 2.45) is 0 Å². The Balaban J connectivity index is 1.97. The quantitative estimate of drug-likeness (QED) is 0.882. The summed E-state index contributed by atoms with van der Waals surface area (Å²) in [6.45, 7) is -0.0148. The van der Waals surface area contributed by atoms with Crippen LogP contribution in [0.15, 0.2) is 46.0 Å². The Labute approximate surface area is 112 Å². The maximum Gasteiger partial charge on any atom is 0.138 e. The first kappa shape index (κ1) is 12.5. The highest BCUT2D eigenvalue weighted by Crippen LogP contribution is 2.24. The van der Waals surface area contributed by atoms with Crippen LogP contribution >= 0.6 is 27.7 Å². The standard InChI is InChI=1S/C12H11BrN2OS/c13-10-2-1-3-11(4-10)17-8-12-14-5-9(7-16)6-15-12/h1-6,16H,7-8H2. The number of benzene rings is 1. The molecule has 0 fully saturated rings. The molecule has 1 aromatic heterocycles. The van der Waals surface area contributed by atoms with E-state index in [2.05, 4.69) is 38.0 Å². The number of hydrogen-bond acceptors (Lipinski definition) is 4. The molecular weight excluding hydrogens is 300 g/mol. The zero-order valence-electron chi connectivity index (χ0n) is 9.01. The number of rotatable bonds is 4. The van der Waals surface area contributed by atoms with Gasteiger partial charge in [-0.25, -0.2) is 9.97 Å². The minimum Gasteiger partial charge on any atom is -0.392 e. The van der Waals surface area contributed by atoms with Crippen LogP contribution < -0.4 is 0 Å². The molecule has 1 N–H and O–H groups in total. The minimum absolute atomic E-state index is 0.0148. The number of thioether (sulfide) groups is 1. The van der Waals surface area contributed by atoms with Crippen molar-refractivity contribution in [3.63, 3.8) is 0 Å². The van der Waals surface area contributed by atoms with E-state index in [-0.39, 0.29) is 6.61 Å². The summed E-state index contributed by atoms with van der Waals surface area (Å²) in [5, 5.41) is 8.88. The number of nitrogens with zero attached hydrogens (tertiary/aromatic N) is 2. The Bertz CT molecular complexity index is 490. The summed E-state index contributed by atoms with van der Waals surface area (Å²) >= 11 is 5.12. The van der Waals surface area contributed by atoms with E-state index in [4.69, 9.17) is 5.11 Å². The summed E-state index contributed by atoms with van der Waals surface area (Å²) < 4.78 is 1.07. The molecule has 0 saturated heterocycles. The molecule has 17 heavy (non-hydrogen) atoms. The van der Waals surface area contributed by atoms with Crippen molar-refractivity contribution >= 4 is 27.7 Å². The van der Waals surface area contributed by atoms with Crippen LogP contribution in [0, 0.1) is 0 Å². The molecule has 2 aromatic rings. The topological polar surface area (TPSA) is 46.0 Å². The van der Waals surface area contributed by atoms with Crippen molar-refractivity contribution in [3.05, 3.63) is 52.5 Å². The predicted molar refractivity (Wildman–Crippen MR) is 71.7 cm³/mol. The maximum atomic E-state index is 8.88. The van der Waals surface area contributed by atoms with Gasteiger partial charge in [-0.05, 0) is 18.2 Å². The Hall–Kier alpha value is -0.910. The largest absolute Gasteiger partial charge is 0.392 e. The summed E-state index contributed by atoms with van der Waals surface area (Å²) in [6.07, 6.45) is 3.31. The van der Waals surface area contributed by atoms with E-state index in [1.165, 1.54) is 4.90 Å². The van der Waals surface area contributed by atoms with Gasteiger partial charge in [0.25, 0.3) is 0 Å². The average Bonchev–Trinajstić information content (AvgIpc) is 2.37. The molecule has 0 atom stereocenters. The van der Waals surface area contributed by atoms with Gasteiger partial charge >= 0.3 is 0 Å². The lowest BCUT2D eigenvalue weighted by atomic mass is 10.4. The fourth-order valence-corrected chi connectivity index (χ4v) is 2.62. The lowest BCUT2D eigenvalue weighted by Crippen LogP contribution is -1.94. The number of aliphatic hydroxyl groups excluding tert-OH is 1. The third kappa shape index (κ3) is 3.80. The van der Waals surface area contributed by atoms with Crippen LogP contribution in [0.2, 0.25) is 0 Å². The smallest absolute Gasteiger partial charge is 0.138 e. The second-order valence-corrected chi connectivity index (χ2v) is 5.38. The van der Waals surface area contributed by atoms with E-state index < -0.39 is 0 Å². The van der Waals surface area contributed by atoms with Gasteiger partial charge in [0.1, 0.15) is 5.82 Å². The van der Waals surface area contributed by atoms with Crippen LogP contribution in [-0.2, 0) is 12.4 Å². The van der Waals surface area contributed by atoms with Crippen LogP contribution in [0.25, 0.3) is 0 Å². The molecule has 88 valence electrons. The summed E-state index contributed by atoms with van der Waals surface area (Å²) in [6, 6.07) is 8.11. The lowest BCUT2D eigenvalue weighted by molar-refractivity contribution is 0.281. The van der Waals surface area contributed by atoms with Gasteiger partial charge in [0.05, 0.1) is 12.4 Å². The second kappa shape index (κ2) is 6.14. The van der Waals surface area contributed by atoms with Gasteiger partial charge in [0.15, 0.2) is 0 Å². The van der Waals surface area contributed by atoms with Gasteiger partial charge in [-0.1, -0.05) is 22.0 Å². The normalized spacial score (nSPS) is 10.5. The Morgan fingerprint density at radius 2 is 2.00 bits per heavy atom. The van der Waals surface area contributed by atoms with E-state index in [1.807, 2.05) is 12.1 Å². The molecular formula is C12H11BrN2OS. The van der Waals surface area contributed by atoms with Crippen molar-refractivity contribution in [2.45, 2.75) is 17.3 Å². The van der Waals surface area contributed by atoms with Crippen molar-refractivity contribution in [1.82, 2.24) is 9.97 Å². The lowest BCUT2D eigenvalue weighted by Gasteiger charge is -2.02. The highest BCUT2D eigenvalue weighted by atomic mass is 79.9. The minimum atomic E-state index is -0.0148. The molecule has 0 unspecified atom stereocenters. The van der Waals surface area contributed by atoms with Crippen LogP contribution in [0.3, 0.4) is 0 Å². The summed E-state index contributed by atoms with van der Waals surface area (Å²) in [4.78, 5) is 9.54. The molecule has 0 saturated carbocycles. The third-order valence-electron chi connectivity index (χ3n) is 2.11. The Kier molecular flexibility index (Phi) is 4.53. The van der Waals surface area contributed by atoms with E-state index in [9.17, 15) is 0 Å². The van der Waals surface area contributed by atoms with Crippen LogP contribution in [0.1, 0.15) is 11.4 Å². The predicted octanol–water partition coefficient (Wildman–Crippen LogP) is 3.02. The Morgan fingerprint density at radius 3 is 2.65 bits per heavy atom. The van der Waals surface area contributed by atoms with Crippen LogP contribution in [-0.4, -0.2) is 15.1 Å². The number of halogens is 1. The van der Waals surface area contributed by atoms with E-state index in [0.717, 1.165) is 21.6 Å². The van der Waals surface area contributed by atoms with E-state index in [1.54, 1.807) is 24.2 Å². The third-order valence-corrected chi connectivity index (χ3v) is 3.59. The number of aromatic nitrogens is 2. The molecule has 0 radical (unpaired) electrons. The molecule has 1 aromatic carbocycles. The fraction of sp³-hybridized carbons (Fsp3) is 0.167. The highest BCUT2D eigenvalue weighted by Gasteiger charge is 2.00. The van der Waals surface area contributed by atoms with Crippen LogP contribution in [0.4, 0.5) is 0 Å².